The van der Waals surface area contributed by atoms with Crippen LogP contribution < -0.4 is 5.32 Å². The number of benzene rings is 1. The minimum Gasteiger partial charge on any atom is -0.372 e. The monoisotopic (exact) mass is 244 g/mol. The van der Waals surface area contributed by atoms with Crippen molar-refractivity contribution >= 4 is 0 Å². The standard InChI is InChI=1S/C14H16N2O2/c1-15-8-14-13-4-2-3-11(10-7-16-18-9-10)12(13)5-6-17-14/h2-4,7,9,14-15H,5-6,8H2,1H3. The van der Waals surface area contributed by atoms with Gasteiger partial charge >= 0.3 is 0 Å². The molecule has 1 unspecified atom stereocenters. The number of hydrogen-bond donors (Lipinski definition) is 1. The van der Waals surface area contributed by atoms with Crippen LogP contribution >= 0.6 is 0 Å². The average molecular weight is 244 g/mol. The van der Waals surface area contributed by atoms with E-state index in [0.717, 1.165) is 25.1 Å². The first kappa shape index (κ1) is 11.4. The smallest absolute Gasteiger partial charge is 0.131 e. The van der Waals surface area contributed by atoms with Crippen LogP contribution in [-0.4, -0.2) is 25.4 Å². The SMILES string of the molecule is CNCC1OCCc2c(-c3cnoc3)cccc21. The zero-order chi connectivity index (χ0) is 12.4. The molecule has 0 fully saturated rings. The Hall–Kier alpha value is -1.65. The van der Waals surface area contributed by atoms with E-state index in [9.17, 15) is 0 Å². The molecule has 2 heterocycles. The number of nitrogens with zero attached hydrogens (tertiary/aromatic N) is 1. The summed E-state index contributed by atoms with van der Waals surface area (Å²) in [7, 11) is 1.95. The minimum absolute atomic E-state index is 0.138. The van der Waals surface area contributed by atoms with E-state index in [0.29, 0.717) is 0 Å². The maximum atomic E-state index is 5.82. The topological polar surface area (TPSA) is 47.3 Å². The van der Waals surface area contributed by atoms with Gasteiger partial charge in [-0.3, -0.25) is 0 Å². The molecule has 3 rings (SSSR count). The third-order valence-electron chi connectivity index (χ3n) is 3.36. The highest BCUT2D eigenvalue weighted by atomic mass is 16.5. The third kappa shape index (κ3) is 1.94. The quantitative estimate of drug-likeness (QED) is 0.899. The summed E-state index contributed by atoms with van der Waals surface area (Å²) in [5.74, 6) is 0. The summed E-state index contributed by atoms with van der Waals surface area (Å²) in [4.78, 5) is 0. The fourth-order valence-electron chi connectivity index (χ4n) is 2.54. The third-order valence-corrected chi connectivity index (χ3v) is 3.36. The first-order valence-corrected chi connectivity index (χ1v) is 6.18. The maximum absolute atomic E-state index is 5.82. The summed E-state index contributed by atoms with van der Waals surface area (Å²) < 4.78 is 10.8. The molecule has 2 aromatic rings. The van der Waals surface area contributed by atoms with Crippen molar-refractivity contribution in [2.24, 2.45) is 0 Å². The average Bonchev–Trinajstić information content (AvgIpc) is 2.93. The van der Waals surface area contributed by atoms with Gasteiger partial charge in [0.05, 0.1) is 18.9 Å². The summed E-state index contributed by atoms with van der Waals surface area (Å²) in [5.41, 5.74) is 4.87. The van der Waals surface area contributed by atoms with Gasteiger partial charge in [0.2, 0.25) is 0 Å². The summed E-state index contributed by atoms with van der Waals surface area (Å²) in [6.45, 7) is 1.60. The molecule has 1 aromatic carbocycles. The molecule has 1 atom stereocenters. The fourth-order valence-corrected chi connectivity index (χ4v) is 2.54. The first-order valence-electron chi connectivity index (χ1n) is 6.18. The Balaban J connectivity index is 2.06. The fraction of sp³-hybridized carbons (Fsp3) is 0.357. The zero-order valence-electron chi connectivity index (χ0n) is 10.3. The molecule has 0 bridgehead atoms. The van der Waals surface area contributed by atoms with Gasteiger partial charge in [-0.2, -0.15) is 0 Å². The summed E-state index contributed by atoms with van der Waals surface area (Å²) in [6, 6.07) is 6.33. The molecule has 0 saturated heterocycles. The molecule has 0 saturated carbocycles. The molecular formula is C14H16N2O2. The van der Waals surface area contributed by atoms with Crippen LogP contribution in [0, 0.1) is 0 Å². The summed E-state index contributed by atoms with van der Waals surface area (Å²) in [5, 5.41) is 6.96. The lowest BCUT2D eigenvalue weighted by molar-refractivity contribution is 0.0440. The highest BCUT2D eigenvalue weighted by Gasteiger charge is 2.22. The number of aromatic nitrogens is 1. The van der Waals surface area contributed by atoms with E-state index in [1.54, 1.807) is 12.5 Å². The number of hydrogen-bond acceptors (Lipinski definition) is 4. The lowest BCUT2D eigenvalue weighted by atomic mass is 9.90. The molecule has 4 nitrogen and oxygen atoms in total. The van der Waals surface area contributed by atoms with Gasteiger partial charge in [0.25, 0.3) is 0 Å². The Morgan fingerprint density at radius 3 is 3.17 bits per heavy atom. The van der Waals surface area contributed by atoms with Crippen molar-refractivity contribution in [3.8, 4) is 11.1 Å². The van der Waals surface area contributed by atoms with Crippen molar-refractivity contribution < 1.29 is 9.26 Å². The predicted octanol–water partition coefficient (Wildman–Crippen LogP) is 2.17. The predicted molar refractivity (Wildman–Crippen MR) is 68.3 cm³/mol. The van der Waals surface area contributed by atoms with Crippen molar-refractivity contribution in [2.45, 2.75) is 12.5 Å². The molecule has 0 aliphatic carbocycles. The largest absolute Gasteiger partial charge is 0.372 e. The van der Waals surface area contributed by atoms with Gasteiger partial charge in [0.1, 0.15) is 6.26 Å². The Morgan fingerprint density at radius 2 is 2.39 bits per heavy atom. The van der Waals surface area contributed by atoms with Gasteiger partial charge in [-0.1, -0.05) is 23.4 Å². The van der Waals surface area contributed by atoms with Crippen LogP contribution in [0.3, 0.4) is 0 Å². The number of fused-ring (bicyclic) bond motifs is 1. The molecular weight excluding hydrogens is 228 g/mol. The molecule has 0 radical (unpaired) electrons. The number of likely N-dealkylation sites (N-methyl/N-ethyl adjacent to an activating group) is 1. The van der Waals surface area contributed by atoms with E-state index in [2.05, 4.69) is 28.7 Å². The molecule has 0 amide bonds. The molecule has 18 heavy (non-hydrogen) atoms. The van der Waals surface area contributed by atoms with E-state index in [1.165, 1.54) is 16.7 Å². The second-order valence-electron chi connectivity index (χ2n) is 4.45. The second kappa shape index (κ2) is 4.92. The van der Waals surface area contributed by atoms with Crippen LogP contribution in [0.4, 0.5) is 0 Å². The highest BCUT2D eigenvalue weighted by Crippen LogP contribution is 2.33. The Bertz CT molecular complexity index is 523. The van der Waals surface area contributed by atoms with Gasteiger partial charge in [0, 0.05) is 12.1 Å². The molecule has 1 aliphatic heterocycles. The lowest BCUT2D eigenvalue weighted by Gasteiger charge is -2.27. The first-order chi connectivity index (χ1) is 8.90. The number of nitrogens with one attached hydrogen (secondary N) is 1. The van der Waals surface area contributed by atoms with Crippen molar-refractivity contribution in [1.29, 1.82) is 0 Å². The number of rotatable bonds is 3. The zero-order valence-corrected chi connectivity index (χ0v) is 10.3. The van der Waals surface area contributed by atoms with Crippen LogP contribution in [-0.2, 0) is 11.2 Å². The van der Waals surface area contributed by atoms with Crippen molar-refractivity contribution in [2.75, 3.05) is 20.2 Å². The number of ether oxygens (including phenoxy) is 1. The van der Waals surface area contributed by atoms with Crippen LogP contribution in [0.2, 0.25) is 0 Å². The molecule has 1 N–H and O–H groups in total. The van der Waals surface area contributed by atoms with Gasteiger partial charge in [0.15, 0.2) is 0 Å². The normalized spacial score (nSPS) is 18.6. The Morgan fingerprint density at radius 1 is 1.44 bits per heavy atom. The Labute approximate surface area is 106 Å². The van der Waals surface area contributed by atoms with Crippen LogP contribution in [0.25, 0.3) is 11.1 Å². The minimum atomic E-state index is 0.138. The maximum Gasteiger partial charge on any atom is 0.131 e. The summed E-state index contributed by atoms with van der Waals surface area (Å²) >= 11 is 0. The van der Waals surface area contributed by atoms with Crippen LogP contribution in [0.15, 0.2) is 35.2 Å². The Kier molecular flexibility index (Phi) is 3.13. The molecule has 94 valence electrons. The molecule has 0 spiro atoms. The lowest BCUT2D eigenvalue weighted by Crippen LogP contribution is -2.25. The van der Waals surface area contributed by atoms with Crippen molar-refractivity contribution in [3.05, 3.63) is 41.8 Å². The van der Waals surface area contributed by atoms with Crippen LogP contribution in [0.5, 0.6) is 0 Å². The molecule has 4 heteroatoms. The second-order valence-corrected chi connectivity index (χ2v) is 4.45. The van der Waals surface area contributed by atoms with E-state index >= 15 is 0 Å². The molecule has 1 aromatic heterocycles. The van der Waals surface area contributed by atoms with Gasteiger partial charge in [-0.15, -0.1) is 0 Å². The van der Waals surface area contributed by atoms with Crippen LogP contribution in [0.1, 0.15) is 17.2 Å². The van der Waals surface area contributed by atoms with Crippen molar-refractivity contribution in [1.82, 2.24) is 10.5 Å². The van der Waals surface area contributed by atoms with Gasteiger partial charge in [-0.05, 0) is 30.2 Å². The van der Waals surface area contributed by atoms with E-state index in [4.69, 9.17) is 9.26 Å². The van der Waals surface area contributed by atoms with Gasteiger partial charge < -0.3 is 14.6 Å². The van der Waals surface area contributed by atoms with Gasteiger partial charge in [-0.25, -0.2) is 0 Å². The molecule has 1 aliphatic rings. The highest BCUT2D eigenvalue weighted by molar-refractivity contribution is 5.67. The van der Waals surface area contributed by atoms with E-state index in [-0.39, 0.29) is 6.10 Å². The summed E-state index contributed by atoms with van der Waals surface area (Å²) in [6.07, 6.45) is 4.53. The van der Waals surface area contributed by atoms with E-state index in [1.807, 2.05) is 7.05 Å². The van der Waals surface area contributed by atoms with E-state index < -0.39 is 0 Å². The van der Waals surface area contributed by atoms with Crippen molar-refractivity contribution in [3.63, 3.8) is 0 Å².